The van der Waals surface area contributed by atoms with Crippen molar-refractivity contribution in [2.75, 3.05) is 14.2 Å². The monoisotopic (exact) mass is 227 g/mol. The summed E-state index contributed by atoms with van der Waals surface area (Å²) in [5.74, 6) is 0. The molecular weight excluding hydrogens is 212 g/mol. The number of benzene rings is 1. The fourth-order valence-corrected chi connectivity index (χ4v) is 2.41. The highest BCUT2D eigenvalue weighted by Gasteiger charge is 2.11. The average Bonchev–Trinajstić information content (AvgIpc) is 2.22. The molecule has 0 heterocycles. The predicted octanol–water partition coefficient (Wildman–Crippen LogP) is 2.30. The second-order valence-electron chi connectivity index (χ2n) is 2.95. The van der Waals surface area contributed by atoms with Crippen LogP contribution in [0, 0.1) is 0 Å². The van der Waals surface area contributed by atoms with Crippen LogP contribution in [0.15, 0.2) is 29.2 Å². The van der Waals surface area contributed by atoms with E-state index in [1.165, 1.54) is 5.56 Å². The molecule has 0 saturated heterocycles. The van der Waals surface area contributed by atoms with Gasteiger partial charge in [-0.1, -0.05) is 12.1 Å². The topological polar surface area (TPSA) is 18.5 Å². The molecule has 1 radical (unpaired) electrons. The Labute approximate surface area is 92.5 Å². The summed E-state index contributed by atoms with van der Waals surface area (Å²) in [4.78, 5) is 0.998. The molecule has 4 heteroatoms. The highest BCUT2D eigenvalue weighted by Crippen LogP contribution is 2.10. The molecule has 14 heavy (non-hydrogen) atoms. The van der Waals surface area contributed by atoms with E-state index in [0.29, 0.717) is 0 Å². The molecule has 0 aliphatic heterocycles. The molecule has 0 saturated carbocycles. The van der Waals surface area contributed by atoms with Crippen LogP contribution in [-0.4, -0.2) is 23.5 Å². The van der Waals surface area contributed by atoms with Gasteiger partial charge in [0.1, 0.15) is 0 Å². The first-order chi connectivity index (χ1) is 6.76. The molecule has 2 nitrogen and oxygen atoms in total. The number of hydrogen-bond acceptors (Lipinski definition) is 3. The zero-order valence-electron chi connectivity index (χ0n) is 8.49. The summed E-state index contributed by atoms with van der Waals surface area (Å²) >= 11 is 4.23. The van der Waals surface area contributed by atoms with Crippen molar-refractivity contribution in [2.24, 2.45) is 0 Å². The number of hydrogen-bond donors (Lipinski definition) is 1. The van der Waals surface area contributed by atoms with Gasteiger partial charge in [-0.3, -0.25) is 0 Å². The minimum atomic E-state index is -1.05. The Balaban J connectivity index is 2.41. The van der Waals surface area contributed by atoms with Crippen LogP contribution in [0.1, 0.15) is 5.56 Å². The quantitative estimate of drug-likeness (QED) is 0.614. The van der Waals surface area contributed by atoms with Crippen LogP contribution in [0.4, 0.5) is 0 Å². The van der Waals surface area contributed by atoms with Crippen LogP contribution < -0.4 is 0 Å². The Morgan fingerprint density at radius 2 is 1.71 bits per heavy atom. The van der Waals surface area contributed by atoms with Crippen molar-refractivity contribution in [3.63, 3.8) is 0 Å². The number of aryl methyl sites for hydroxylation is 1. The zero-order valence-corrected chi connectivity index (χ0v) is 10.4. The zero-order chi connectivity index (χ0) is 10.4. The molecule has 0 fully saturated rings. The minimum Gasteiger partial charge on any atom is -0.397 e. The molecule has 0 aromatic heterocycles. The third-order valence-electron chi connectivity index (χ3n) is 2.01. The van der Waals surface area contributed by atoms with Gasteiger partial charge in [-0.2, -0.15) is 0 Å². The maximum absolute atomic E-state index is 5.21. The lowest BCUT2D eigenvalue weighted by atomic mass is 10.2. The van der Waals surface area contributed by atoms with Crippen LogP contribution >= 0.6 is 12.6 Å². The van der Waals surface area contributed by atoms with Crippen molar-refractivity contribution in [1.82, 2.24) is 0 Å². The highest BCUT2D eigenvalue weighted by molar-refractivity contribution is 7.80. The van der Waals surface area contributed by atoms with Gasteiger partial charge >= 0.3 is 9.28 Å². The van der Waals surface area contributed by atoms with Gasteiger partial charge in [0.25, 0.3) is 0 Å². The molecule has 0 aliphatic carbocycles. The van der Waals surface area contributed by atoms with E-state index in [0.717, 1.165) is 17.4 Å². The third kappa shape index (κ3) is 3.83. The fourth-order valence-electron chi connectivity index (χ4n) is 1.20. The van der Waals surface area contributed by atoms with Crippen LogP contribution in [0.3, 0.4) is 0 Å². The highest BCUT2D eigenvalue weighted by atomic mass is 32.1. The lowest BCUT2D eigenvalue weighted by Gasteiger charge is -2.08. The lowest BCUT2D eigenvalue weighted by molar-refractivity contribution is 0.277. The maximum atomic E-state index is 5.21. The summed E-state index contributed by atoms with van der Waals surface area (Å²) in [6.45, 7) is 0. The van der Waals surface area contributed by atoms with E-state index in [2.05, 4.69) is 24.8 Å². The van der Waals surface area contributed by atoms with E-state index in [-0.39, 0.29) is 0 Å². The van der Waals surface area contributed by atoms with Gasteiger partial charge in [0, 0.05) is 19.1 Å². The van der Waals surface area contributed by atoms with Gasteiger partial charge in [-0.25, -0.2) is 0 Å². The molecule has 0 aliphatic rings. The number of thiol groups is 1. The van der Waals surface area contributed by atoms with Gasteiger partial charge in [-0.05, 0) is 30.2 Å². The van der Waals surface area contributed by atoms with Crippen molar-refractivity contribution in [3.8, 4) is 0 Å². The van der Waals surface area contributed by atoms with Gasteiger partial charge in [0.15, 0.2) is 0 Å². The molecule has 1 aromatic rings. The summed E-state index contributed by atoms with van der Waals surface area (Å²) in [6, 6.07) is 9.17. The molecule has 0 amide bonds. The summed E-state index contributed by atoms with van der Waals surface area (Å²) in [5.41, 5.74) is 1.31. The average molecular weight is 227 g/mol. The molecule has 1 rings (SSSR count). The summed E-state index contributed by atoms with van der Waals surface area (Å²) in [6.07, 6.45) is 1.00. The largest absolute Gasteiger partial charge is 0.397 e. The molecule has 0 N–H and O–H groups in total. The lowest BCUT2D eigenvalue weighted by Crippen LogP contribution is -2.19. The fraction of sp³-hybridized carbons (Fsp3) is 0.400. The summed E-state index contributed by atoms with van der Waals surface area (Å²) in [7, 11) is 2.36. The molecule has 0 atom stereocenters. The van der Waals surface area contributed by atoms with E-state index in [1.54, 1.807) is 14.2 Å². The Hall–Kier alpha value is -0.293. The van der Waals surface area contributed by atoms with E-state index in [4.69, 9.17) is 8.85 Å². The maximum Gasteiger partial charge on any atom is 0.384 e. The predicted molar refractivity (Wildman–Crippen MR) is 62.0 cm³/mol. The van der Waals surface area contributed by atoms with Gasteiger partial charge < -0.3 is 8.85 Å². The van der Waals surface area contributed by atoms with E-state index in [9.17, 15) is 0 Å². The first-order valence-corrected chi connectivity index (χ1v) is 6.45. The molecule has 0 unspecified atom stereocenters. The van der Waals surface area contributed by atoms with Crippen LogP contribution in [0.2, 0.25) is 6.04 Å². The second kappa shape index (κ2) is 6.24. The Bertz CT molecular complexity index is 259. The normalized spacial score (nSPS) is 10.9. The standard InChI is InChI=1S/C10H15O2SSi/c1-11-14(12-2)8-7-9-3-5-10(13)6-4-9/h3-6,13H,7-8H2,1-2H3. The smallest absolute Gasteiger partial charge is 0.384 e. The van der Waals surface area contributed by atoms with Gasteiger partial charge in [0.2, 0.25) is 0 Å². The molecule has 1 aromatic carbocycles. The first-order valence-electron chi connectivity index (χ1n) is 4.48. The Morgan fingerprint density at radius 3 is 2.21 bits per heavy atom. The summed E-state index contributed by atoms with van der Waals surface area (Å²) in [5, 5.41) is 0. The Morgan fingerprint density at radius 1 is 1.14 bits per heavy atom. The van der Waals surface area contributed by atoms with E-state index >= 15 is 0 Å². The van der Waals surface area contributed by atoms with Crippen LogP contribution in [0.5, 0.6) is 0 Å². The molecule has 0 bridgehead atoms. The minimum absolute atomic E-state index is 0.976. The van der Waals surface area contributed by atoms with E-state index < -0.39 is 9.28 Å². The first kappa shape index (κ1) is 11.8. The van der Waals surface area contributed by atoms with Gasteiger partial charge in [-0.15, -0.1) is 12.6 Å². The molecular formula is C10H15O2SSi. The van der Waals surface area contributed by atoms with Crippen molar-refractivity contribution < 1.29 is 8.85 Å². The van der Waals surface area contributed by atoms with Crippen molar-refractivity contribution in [2.45, 2.75) is 17.4 Å². The number of rotatable bonds is 5. The summed E-state index contributed by atoms with van der Waals surface area (Å²) < 4.78 is 10.4. The second-order valence-corrected chi connectivity index (χ2v) is 5.52. The van der Waals surface area contributed by atoms with E-state index in [1.807, 2.05) is 12.1 Å². The van der Waals surface area contributed by atoms with Crippen LogP contribution in [-0.2, 0) is 15.3 Å². The SMILES string of the molecule is CO[Si](CCc1ccc(S)cc1)OC. The molecule has 0 spiro atoms. The van der Waals surface area contributed by atoms with Crippen LogP contribution in [0.25, 0.3) is 0 Å². The van der Waals surface area contributed by atoms with Crippen molar-refractivity contribution in [3.05, 3.63) is 29.8 Å². The third-order valence-corrected chi connectivity index (χ3v) is 3.88. The Kier molecular flexibility index (Phi) is 5.25. The van der Waals surface area contributed by atoms with Gasteiger partial charge in [0.05, 0.1) is 0 Å². The van der Waals surface area contributed by atoms with Crippen molar-refractivity contribution in [1.29, 1.82) is 0 Å². The molecule has 77 valence electrons. The van der Waals surface area contributed by atoms with Crippen molar-refractivity contribution >= 4 is 21.9 Å².